The van der Waals surface area contributed by atoms with Crippen LogP contribution in [-0.4, -0.2) is 96.2 Å². The fourth-order valence-corrected chi connectivity index (χ4v) is 3.69. The number of amides is 1. The smallest absolute Gasteiger partial charge is 0.397 e. The molecule has 6 unspecified atom stereocenters. The Kier molecular flexibility index (Phi) is 10.3. The summed E-state index contributed by atoms with van der Waals surface area (Å²) in [5.41, 5.74) is 5.85. The van der Waals surface area contributed by atoms with Crippen molar-refractivity contribution in [2.24, 2.45) is 5.73 Å². The molecule has 35 heavy (non-hydrogen) atoms. The lowest BCUT2D eigenvalue weighted by atomic mass is 9.99. The first kappa shape index (κ1) is 28.9. The van der Waals surface area contributed by atoms with E-state index >= 15 is 0 Å². The number of carboxylic acids is 1. The van der Waals surface area contributed by atoms with E-state index in [-0.39, 0.29) is 25.6 Å². The second-order valence-corrected chi connectivity index (χ2v) is 9.20. The lowest BCUT2D eigenvalue weighted by Gasteiger charge is -2.40. The number of carboxylic acid groups (broad SMARTS) is 1. The third-order valence-corrected chi connectivity index (χ3v) is 5.30. The van der Waals surface area contributed by atoms with E-state index in [1.807, 2.05) is 13.8 Å². The van der Waals surface area contributed by atoms with Crippen LogP contribution in [0.3, 0.4) is 0 Å². The monoisotopic (exact) mass is 522 g/mol. The minimum Gasteiger partial charge on any atom is -0.491 e. The number of benzene rings is 1. The lowest BCUT2D eigenvalue weighted by molar-refractivity contribution is -0.301. The second kappa shape index (κ2) is 12.5. The molecule has 1 amide bonds. The largest absolute Gasteiger partial charge is 0.491 e. The first-order valence-corrected chi connectivity index (χ1v) is 11.9. The van der Waals surface area contributed by atoms with E-state index in [2.05, 4.69) is 9.50 Å². The van der Waals surface area contributed by atoms with Gasteiger partial charge in [0.2, 0.25) is 5.91 Å². The van der Waals surface area contributed by atoms with Crippen molar-refractivity contribution in [1.29, 1.82) is 0 Å². The van der Waals surface area contributed by atoms with Gasteiger partial charge in [-0.05, 0) is 17.7 Å². The molecule has 0 aromatic heterocycles. The Labute approximate surface area is 201 Å². The molecule has 1 aliphatic rings. The maximum absolute atomic E-state index is 11.6. The molecule has 0 saturated carbocycles. The van der Waals surface area contributed by atoms with Gasteiger partial charge in [-0.15, -0.1) is 0 Å². The minimum atomic E-state index is -5.17. The third kappa shape index (κ3) is 9.30. The van der Waals surface area contributed by atoms with Crippen LogP contribution >= 0.6 is 0 Å². The van der Waals surface area contributed by atoms with Crippen molar-refractivity contribution >= 4 is 22.3 Å². The zero-order valence-electron chi connectivity index (χ0n) is 19.0. The van der Waals surface area contributed by atoms with Crippen molar-refractivity contribution in [3.8, 4) is 5.75 Å². The summed E-state index contributed by atoms with van der Waals surface area (Å²) < 4.78 is 51.7. The van der Waals surface area contributed by atoms with Gasteiger partial charge in [0.25, 0.3) is 0 Å². The number of carbonyl (C=O) groups excluding carboxylic acids is 1. The van der Waals surface area contributed by atoms with Crippen molar-refractivity contribution < 1.29 is 56.3 Å². The Morgan fingerprint density at radius 1 is 1.17 bits per heavy atom. The van der Waals surface area contributed by atoms with Crippen molar-refractivity contribution in [3.63, 3.8) is 0 Å². The first-order valence-electron chi connectivity index (χ1n) is 10.6. The molecule has 1 fully saturated rings. The Morgan fingerprint density at radius 3 is 2.31 bits per heavy atom. The summed E-state index contributed by atoms with van der Waals surface area (Å²) in [6, 6.07) is 6.55. The normalized spacial score (nSPS) is 25.8. The number of aliphatic hydroxyl groups is 2. The van der Waals surface area contributed by atoms with E-state index < -0.39 is 59.1 Å². The maximum atomic E-state index is 11.6. The van der Waals surface area contributed by atoms with Crippen molar-refractivity contribution in [3.05, 3.63) is 29.8 Å². The van der Waals surface area contributed by atoms with Gasteiger partial charge in [0.15, 0.2) is 12.4 Å². The molecule has 1 heterocycles. The third-order valence-electron chi connectivity index (χ3n) is 4.84. The van der Waals surface area contributed by atoms with Crippen LogP contribution in [-0.2, 0) is 40.1 Å². The first-order chi connectivity index (χ1) is 16.3. The summed E-state index contributed by atoms with van der Waals surface area (Å²) in [7, 11) is -5.17. The Hall–Kier alpha value is -2.37. The zero-order chi connectivity index (χ0) is 26.3. The van der Waals surface area contributed by atoms with Crippen LogP contribution in [0, 0.1) is 0 Å². The molecule has 1 aromatic rings. The highest BCUT2D eigenvalue weighted by Gasteiger charge is 2.51. The molecule has 1 saturated heterocycles. The molecule has 15 heteroatoms. The molecule has 198 valence electrons. The molecule has 2 rings (SSSR count). The Bertz CT molecular complexity index is 955. The Morgan fingerprint density at radius 2 is 1.80 bits per heavy atom. The molecule has 0 bridgehead atoms. The number of nitrogens with two attached hydrogens (primary N) is 1. The highest BCUT2D eigenvalue weighted by atomic mass is 32.3. The lowest BCUT2D eigenvalue weighted by Crippen LogP contribution is -2.62. The predicted molar refractivity (Wildman–Crippen MR) is 118 cm³/mol. The van der Waals surface area contributed by atoms with Crippen LogP contribution in [0.15, 0.2) is 24.3 Å². The summed E-state index contributed by atoms with van der Waals surface area (Å²) in [6.07, 6.45) is -10.7. The molecule has 0 radical (unpaired) electrons. The van der Waals surface area contributed by atoms with Gasteiger partial charge in [-0.25, -0.2) is 8.98 Å². The molecule has 14 nitrogen and oxygen atoms in total. The van der Waals surface area contributed by atoms with E-state index in [4.69, 9.17) is 24.5 Å². The van der Waals surface area contributed by atoms with Crippen LogP contribution in [0.5, 0.6) is 5.75 Å². The number of hydrogen-bond donors (Lipinski definition) is 6. The van der Waals surface area contributed by atoms with Gasteiger partial charge in [-0.1, -0.05) is 26.0 Å². The van der Waals surface area contributed by atoms with Crippen LogP contribution in [0.25, 0.3) is 0 Å². The average Bonchev–Trinajstić information content (AvgIpc) is 2.74. The zero-order valence-corrected chi connectivity index (χ0v) is 19.8. The van der Waals surface area contributed by atoms with Gasteiger partial charge in [-0.2, -0.15) is 8.42 Å². The van der Waals surface area contributed by atoms with Crippen LogP contribution in [0.4, 0.5) is 0 Å². The van der Waals surface area contributed by atoms with E-state index in [0.717, 1.165) is 0 Å². The highest BCUT2D eigenvalue weighted by molar-refractivity contribution is 7.80. The van der Waals surface area contributed by atoms with Gasteiger partial charge in [-0.3, -0.25) is 9.35 Å². The van der Waals surface area contributed by atoms with Crippen LogP contribution in [0.1, 0.15) is 19.4 Å². The summed E-state index contributed by atoms with van der Waals surface area (Å²) in [5, 5.41) is 33.1. The van der Waals surface area contributed by atoms with Gasteiger partial charge in [0.1, 0.15) is 36.8 Å². The van der Waals surface area contributed by atoms with E-state index in [1.54, 1.807) is 24.3 Å². The van der Waals surface area contributed by atoms with Gasteiger partial charge < -0.3 is 40.6 Å². The molecule has 0 spiro atoms. The van der Waals surface area contributed by atoms with Crippen LogP contribution < -0.4 is 15.8 Å². The topological polar surface area (TPSA) is 224 Å². The number of carbonyl (C=O) groups is 2. The van der Waals surface area contributed by atoms with Gasteiger partial charge >= 0.3 is 16.4 Å². The minimum absolute atomic E-state index is 0.0243. The number of primary amides is 1. The van der Waals surface area contributed by atoms with Gasteiger partial charge in [0.05, 0.1) is 6.42 Å². The standard InChI is InChI=1S/C20H30N2O12S/c1-10(2)22-8-13(9-31-12-5-3-11(4-6-12)7-14(21)23)32-20-16(25)15(24)17(34-35(28,29)30)18(33-20)19(26)27/h3-6,10,13,15-18,20,22,24-25H,7-9H2,1-2H3,(H2,21,23)(H,26,27)(H,28,29,30). The molecule has 0 aliphatic carbocycles. The highest BCUT2D eigenvalue weighted by Crippen LogP contribution is 2.27. The number of aliphatic carboxylic acids is 1. The number of nitrogens with one attached hydrogen (secondary N) is 1. The van der Waals surface area contributed by atoms with Crippen molar-refractivity contribution in [2.45, 2.75) is 63.1 Å². The van der Waals surface area contributed by atoms with E-state index in [0.29, 0.717) is 11.3 Å². The van der Waals surface area contributed by atoms with Crippen molar-refractivity contribution in [1.82, 2.24) is 5.32 Å². The van der Waals surface area contributed by atoms with E-state index in [1.165, 1.54) is 0 Å². The van der Waals surface area contributed by atoms with Gasteiger partial charge in [0, 0.05) is 12.6 Å². The molecular formula is C20H30N2O12S. The second-order valence-electron chi connectivity index (χ2n) is 8.15. The summed E-state index contributed by atoms with van der Waals surface area (Å²) in [6.45, 7) is 3.80. The quantitative estimate of drug-likeness (QED) is 0.157. The average molecular weight is 523 g/mol. The fourth-order valence-electron chi connectivity index (χ4n) is 3.19. The molecule has 7 N–H and O–H groups in total. The SMILES string of the molecule is CC(C)NCC(COc1ccc(CC(N)=O)cc1)OC1OC(C(=O)O)C(OS(=O)(=O)O)C(O)C1O. The molecule has 1 aliphatic heterocycles. The number of rotatable bonds is 13. The van der Waals surface area contributed by atoms with Crippen LogP contribution in [0.2, 0.25) is 0 Å². The maximum Gasteiger partial charge on any atom is 0.397 e. The summed E-state index contributed by atoms with van der Waals surface area (Å²) >= 11 is 0. The summed E-state index contributed by atoms with van der Waals surface area (Å²) in [5.74, 6) is -1.78. The number of aliphatic hydroxyl groups excluding tert-OH is 2. The molecular weight excluding hydrogens is 492 g/mol. The molecule has 1 aromatic carbocycles. The number of ether oxygens (including phenoxy) is 3. The molecule has 6 atom stereocenters. The Balaban J connectivity index is 2.12. The summed E-state index contributed by atoms with van der Waals surface area (Å²) in [4.78, 5) is 22.6. The number of hydrogen-bond acceptors (Lipinski definition) is 11. The van der Waals surface area contributed by atoms with E-state index in [9.17, 15) is 33.3 Å². The predicted octanol–water partition coefficient (Wildman–Crippen LogP) is -1.80. The van der Waals surface area contributed by atoms with Crippen molar-refractivity contribution in [2.75, 3.05) is 13.2 Å². The fraction of sp³-hybridized carbons (Fsp3) is 0.600.